The molecule has 3 rings (SSSR count). The second kappa shape index (κ2) is 6.65. The second-order valence-electron chi connectivity index (χ2n) is 4.57. The minimum atomic E-state index is 0.654. The number of aromatic nitrogens is 4. The Hall–Kier alpha value is -2.28. The van der Waals surface area contributed by atoms with Gasteiger partial charge < -0.3 is 13.8 Å². The third kappa shape index (κ3) is 2.99. The van der Waals surface area contributed by atoms with E-state index in [4.69, 9.17) is 9.26 Å². The summed E-state index contributed by atoms with van der Waals surface area (Å²) in [6, 6.07) is 9.67. The van der Waals surface area contributed by atoms with E-state index in [1.54, 1.807) is 25.2 Å². The molecule has 0 saturated heterocycles. The van der Waals surface area contributed by atoms with Crippen LogP contribution in [0.15, 0.2) is 46.3 Å². The molecule has 0 fully saturated rings. The molecule has 22 heavy (non-hydrogen) atoms. The zero-order valence-corrected chi connectivity index (χ0v) is 13.2. The third-order valence-electron chi connectivity index (χ3n) is 3.21. The maximum Gasteiger partial charge on any atom is 0.191 e. The van der Waals surface area contributed by atoms with Crippen LogP contribution in [0, 0.1) is 0 Å². The number of hydrogen-bond donors (Lipinski definition) is 0. The van der Waals surface area contributed by atoms with Gasteiger partial charge in [0, 0.05) is 18.2 Å². The van der Waals surface area contributed by atoms with Crippen LogP contribution in [0.25, 0.3) is 11.3 Å². The Balaban J connectivity index is 1.74. The summed E-state index contributed by atoms with van der Waals surface area (Å²) in [6.45, 7) is 2.90. The first-order valence-electron chi connectivity index (χ1n) is 6.91. The third-order valence-corrected chi connectivity index (χ3v) is 4.21. The molecule has 0 N–H and O–H groups in total. The standard InChI is InChI=1S/C15H16N4O2S/c1-3-19-10-16-17-15(19)22-9-11-8-13(18-21-11)12-6-4-5-7-14(12)20-2/h4-8,10H,3,9H2,1-2H3. The van der Waals surface area contributed by atoms with Crippen molar-refractivity contribution >= 4 is 11.8 Å². The summed E-state index contributed by atoms with van der Waals surface area (Å²) in [5, 5.41) is 13.0. The van der Waals surface area contributed by atoms with E-state index in [2.05, 4.69) is 22.3 Å². The van der Waals surface area contributed by atoms with Crippen LogP contribution in [0.1, 0.15) is 12.7 Å². The number of rotatable bonds is 6. The molecule has 114 valence electrons. The maximum atomic E-state index is 5.41. The normalized spacial score (nSPS) is 10.8. The SMILES string of the molecule is CCn1cnnc1SCc1cc(-c2ccccc2OC)no1. The van der Waals surface area contributed by atoms with Gasteiger partial charge in [0.2, 0.25) is 0 Å². The van der Waals surface area contributed by atoms with E-state index in [-0.39, 0.29) is 0 Å². The fourth-order valence-electron chi connectivity index (χ4n) is 2.07. The van der Waals surface area contributed by atoms with Gasteiger partial charge in [-0.2, -0.15) is 0 Å². The van der Waals surface area contributed by atoms with Crippen molar-refractivity contribution in [1.82, 2.24) is 19.9 Å². The molecule has 2 heterocycles. The Morgan fingerprint density at radius 3 is 3.00 bits per heavy atom. The Labute approximate surface area is 132 Å². The summed E-state index contributed by atoms with van der Waals surface area (Å²) in [6.07, 6.45) is 1.73. The first kappa shape index (κ1) is 14.6. The van der Waals surface area contributed by atoms with Gasteiger partial charge in [-0.05, 0) is 19.1 Å². The number of para-hydroxylation sites is 1. The molecule has 0 radical (unpaired) electrons. The average Bonchev–Trinajstić information content (AvgIpc) is 3.21. The summed E-state index contributed by atoms with van der Waals surface area (Å²) in [4.78, 5) is 0. The van der Waals surface area contributed by atoms with E-state index in [0.717, 1.165) is 34.5 Å². The van der Waals surface area contributed by atoms with E-state index < -0.39 is 0 Å². The minimum Gasteiger partial charge on any atom is -0.496 e. The largest absolute Gasteiger partial charge is 0.496 e. The van der Waals surface area contributed by atoms with Crippen molar-refractivity contribution in [3.8, 4) is 17.0 Å². The molecular weight excluding hydrogens is 300 g/mol. The van der Waals surface area contributed by atoms with Crippen LogP contribution in [0.4, 0.5) is 0 Å². The van der Waals surface area contributed by atoms with Crippen LogP contribution in [0.5, 0.6) is 5.75 Å². The Morgan fingerprint density at radius 1 is 1.32 bits per heavy atom. The van der Waals surface area contributed by atoms with Gasteiger partial charge in [-0.25, -0.2) is 0 Å². The van der Waals surface area contributed by atoms with Gasteiger partial charge in [0.1, 0.15) is 23.5 Å². The van der Waals surface area contributed by atoms with E-state index in [1.165, 1.54) is 0 Å². The quantitative estimate of drug-likeness (QED) is 0.650. The van der Waals surface area contributed by atoms with Crippen LogP contribution >= 0.6 is 11.8 Å². The Kier molecular flexibility index (Phi) is 4.43. The molecule has 0 aliphatic carbocycles. The number of aryl methyl sites for hydroxylation is 1. The molecule has 7 heteroatoms. The highest BCUT2D eigenvalue weighted by Gasteiger charge is 2.12. The van der Waals surface area contributed by atoms with E-state index in [9.17, 15) is 0 Å². The van der Waals surface area contributed by atoms with Crippen molar-refractivity contribution in [2.45, 2.75) is 24.4 Å². The lowest BCUT2D eigenvalue weighted by Gasteiger charge is -2.03. The predicted octanol–water partition coefficient (Wildman–Crippen LogP) is 3.25. The molecule has 1 aromatic carbocycles. The Bertz CT molecular complexity index is 753. The highest BCUT2D eigenvalue weighted by atomic mass is 32.2. The van der Waals surface area contributed by atoms with Crippen molar-refractivity contribution < 1.29 is 9.26 Å². The number of methoxy groups -OCH3 is 1. The van der Waals surface area contributed by atoms with E-state index in [1.807, 2.05) is 34.9 Å². The smallest absolute Gasteiger partial charge is 0.191 e. The molecule has 6 nitrogen and oxygen atoms in total. The molecule has 0 amide bonds. The lowest BCUT2D eigenvalue weighted by atomic mass is 10.1. The molecular formula is C15H16N4O2S. The molecule has 0 aliphatic heterocycles. The van der Waals surface area contributed by atoms with Crippen molar-refractivity contribution in [2.75, 3.05) is 7.11 Å². The van der Waals surface area contributed by atoms with Gasteiger partial charge in [0.15, 0.2) is 5.16 Å². The number of ether oxygens (including phenoxy) is 1. The molecule has 2 aromatic heterocycles. The summed E-state index contributed by atoms with van der Waals surface area (Å²) in [7, 11) is 1.65. The second-order valence-corrected chi connectivity index (χ2v) is 5.51. The van der Waals surface area contributed by atoms with Crippen molar-refractivity contribution in [1.29, 1.82) is 0 Å². The van der Waals surface area contributed by atoms with Gasteiger partial charge >= 0.3 is 0 Å². The first-order chi connectivity index (χ1) is 10.8. The van der Waals surface area contributed by atoms with E-state index in [0.29, 0.717) is 5.75 Å². The monoisotopic (exact) mass is 316 g/mol. The fourth-order valence-corrected chi connectivity index (χ4v) is 2.93. The minimum absolute atomic E-state index is 0.654. The summed E-state index contributed by atoms with van der Waals surface area (Å²) in [5.74, 6) is 2.22. The highest BCUT2D eigenvalue weighted by Crippen LogP contribution is 2.30. The number of hydrogen-bond acceptors (Lipinski definition) is 6. The lowest BCUT2D eigenvalue weighted by molar-refractivity contribution is 0.395. The van der Waals surface area contributed by atoms with E-state index >= 15 is 0 Å². The van der Waals surface area contributed by atoms with Crippen LogP contribution in [0.3, 0.4) is 0 Å². The lowest BCUT2D eigenvalue weighted by Crippen LogP contribution is -1.94. The van der Waals surface area contributed by atoms with Crippen molar-refractivity contribution in [2.24, 2.45) is 0 Å². The number of benzene rings is 1. The van der Waals surface area contributed by atoms with Gasteiger partial charge in [-0.1, -0.05) is 29.1 Å². The zero-order valence-electron chi connectivity index (χ0n) is 12.4. The molecule has 0 unspecified atom stereocenters. The molecule has 3 aromatic rings. The number of nitrogens with zero attached hydrogens (tertiary/aromatic N) is 4. The highest BCUT2D eigenvalue weighted by molar-refractivity contribution is 7.98. The summed E-state index contributed by atoms with van der Waals surface area (Å²) < 4.78 is 12.7. The molecule has 0 aliphatic rings. The number of thioether (sulfide) groups is 1. The van der Waals surface area contributed by atoms with Crippen molar-refractivity contribution in [3.63, 3.8) is 0 Å². The molecule has 0 saturated carbocycles. The molecule has 0 atom stereocenters. The summed E-state index contributed by atoms with van der Waals surface area (Å²) in [5.41, 5.74) is 1.69. The Morgan fingerprint density at radius 2 is 2.18 bits per heavy atom. The van der Waals surface area contributed by atoms with Crippen LogP contribution < -0.4 is 4.74 Å². The maximum absolute atomic E-state index is 5.41. The molecule has 0 bridgehead atoms. The van der Waals surface area contributed by atoms with Crippen molar-refractivity contribution in [3.05, 3.63) is 42.4 Å². The van der Waals surface area contributed by atoms with Gasteiger partial charge in [-0.3, -0.25) is 0 Å². The van der Waals surface area contributed by atoms with Crippen LogP contribution in [0.2, 0.25) is 0 Å². The topological polar surface area (TPSA) is 66.0 Å². The summed E-state index contributed by atoms with van der Waals surface area (Å²) >= 11 is 1.57. The molecule has 0 spiro atoms. The van der Waals surface area contributed by atoms with Gasteiger partial charge in [-0.15, -0.1) is 10.2 Å². The fraction of sp³-hybridized carbons (Fsp3) is 0.267. The van der Waals surface area contributed by atoms with Crippen LogP contribution in [-0.4, -0.2) is 27.0 Å². The first-order valence-corrected chi connectivity index (χ1v) is 7.90. The predicted molar refractivity (Wildman–Crippen MR) is 83.7 cm³/mol. The average molecular weight is 316 g/mol. The van der Waals surface area contributed by atoms with Crippen LogP contribution in [-0.2, 0) is 12.3 Å². The van der Waals surface area contributed by atoms with Gasteiger partial charge in [0.25, 0.3) is 0 Å². The zero-order chi connectivity index (χ0) is 15.4. The van der Waals surface area contributed by atoms with Gasteiger partial charge in [0.05, 0.1) is 12.9 Å².